The summed E-state index contributed by atoms with van der Waals surface area (Å²) < 4.78 is 45.9. The number of nitrogens with zero attached hydrogens (tertiary/aromatic N) is 5. The minimum Gasteiger partial charge on any atom is -0.378 e. The highest BCUT2D eigenvalue weighted by atomic mass is 35.5. The Morgan fingerprint density at radius 3 is 1.62 bits per heavy atom. The number of fused-ring (bicyclic) bond motifs is 2. The van der Waals surface area contributed by atoms with Gasteiger partial charge in [-0.15, -0.1) is 0 Å². The summed E-state index contributed by atoms with van der Waals surface area (Å²) in [5.41, 5.74) is 5.44. The average Bonchev–Trinajstić information content (AvgIpc) is 3.71. The second-order valence-electron chi connectivity index (χ2n) is 11.5. The van der Waals surface area contributed by atoms with E-state index < -0.39 is 5.24 Å². The van der Waals surface area contributed by atoms with Crippen molar-refractivity contribution >= 4 is 34.0 Å². The SMILES string of the molecule is O=C(COCc1nc2ccccn2c1C#Cc1ccc(F)cc1)N1CCOCC1.O=C(Cl)COCc1nc2ccccn2c1C#Cc1ccc(F)cc1. The number of halogens is 3. The molecule has 0 atom stereocenters. The number of hydrogen-bond donors (Lipinski definition) is 0. The van der Waals surface area contributed by atoms with Gasteiger partial charge in [0.05, 0.1) is 26.4 Å². The second-order valence-corrected chi connectivity index (χ2v) is 11.9. The van der Waals surface area contributed by atoms with Crippen LogP contribution in [0, 0.1) is 35.3 Å². The van der Waals surface area contributed by atoms with Gasteiger partial charge in [0.2, 0.25) is 11.1 Å². The topological polar surface area (TPSA) is 99.7 Å². The molecule has 1 aliphatic rings. The Hall–Kier alpha value is -5.89. The number of pyridine rings is 2. The zero-order chi connectivity index (χ0) is 37.0. The number of imidazole rings is 2. The molecule has 1 fully saturated rings. The maximum absolute atomic E-state index is 13.1. The minimum absolute atomic E-state index is 0.0152. The lowest BCUT2D eigenvalue weighted by Gasteiger charge is -2.26. The van der Waals surface area contributed by atoms with Gasteiger partial charge in [-0.1, -0.05) is 24.0 Å². The van der Waals surface area contributed by atoms with Crippen LogP contribution in [0.3, 0.4) is 0 Å². The predicted octanol–water partition coefficient (Wildman–Crippen LogP) is 5.40. The van der Waals surface area contributed by atoms with Gasteiger partial charge in [-0.25, -0.2) is 18.7 Å². The first-order valence-electron chi connectivity index (χ1n) is 16.5. The molecule has 0 N–H and O–H groups in total. The fraction of sp³-hybridized carbons (Fsp3) is 0.200. The normalized spacial score (nSPS) is 12.3. The lowest BCUT2D eigenvalue weighted by Crippen LogP contribution is -2.42. The number of aromatic nitrogens is 4. The molecule has 6 aromatic rings. The molecule has 0 spiro atoms. The van der Waals surface area contributed by atoms with Crippen molar-refractivity contribution in [3.05, 3.63) is 143 Å². The Balaban J connectivity index is 0.000000185. The van der Waals surface area contributed by atoms with E-state index in [1.165, 1.54) is 24.3 Å². The van der Waals surface area contributed by atoms with Gasteiger partial charge in [-0.2, -0.15) is 0 Å². The zero-order valence-electron chi connectivity index (χ0n) is 28.3. The molecular weight excluding hydrogens is 704 g/mol. The monoisotopic (exact) mass is 735 g/mol. The van der Waals surface area contributed by atoms with E-state index in [2.05, 4.69) is 33.6 Å². The molecule has 13 heteroatoms. The summed E-state index contributed by atoms with van der Waals surface area (Å²) in [6.07, 6.45) is 3.71. The molecule has 53 heavy (non-hydrogen) atoms. The van der Waals surface area contributed by atoms with Crippen molar-refractivity contribution in [1.29, 1.82) is 0 Å². The minimum atomic E-state index is -0.572. The molecule has 1 saturated heterocycles. The molecule has 1 amide bonds. The Morgan fingerprint density at radius 1 is 0.679 bits per heavy atom. The predicted molar refractivity (Wildman–Crippen MR) is 193 cm³/mol. The summed E-state index contributed by atoms with van der Waals surface area (Å²) in [5, 5.41) is -0.572. The number of ether oxygens (including phenoxy) is 3. The van der Waals surface area contributed by atoms with E-state index in [0.29, 0.717) is 60.2 Å². The van der Waals surface area contributed by atoms with Gasteiger partial charge in [-0.05, 0) is 96.2 Å². The van der Waals surface area contributed by atoms with Crippen molar-refractivity contribution in [3.63, 3.8) is 0 Å². The highest BCUT2D eigenvalue weighted by Gasteiger charge is 2.18. The third-order valence-corrected chi connectivity index (χ3v) is 7.93. The summed E-state index contributed by atoms with van der Waals surface area (Å²) in [6.45, 7) is 2.37. The summed E-state index contributed by atoms with van der Waals surface area (Å²) in [6, 6.07) is 23.2. The van der Waals surface area contributed by atoms with E-state index >= 15 is 0 Å². The molecule has 7 rings (SSSR count). The van der Waals surface area contributed by atoms with Gasteiger partial charge >= 0.3 is 0 Å². The molecule has 0 aliphatic carbocycles. The van der Waals surface area contributed by atoms with E-state index in [9.17, 15) is 18.4 Å². The van der Waals surface area contributed by atoms with Crippen LogP contribution in [0.2, 0.25) is 0 Å². The van der Waals surface area contributed by atoms with Crippen molar-refractivity contribution in [3.8, 4) is 23.7 Å². The molecule has 0 saturated carbocycles. The fourth-order valence-electron chi connectivity index (χ4n) is 5.25. The summed E-state index contributed by atoms with van der Waals surface area (Å²) >= 11 is 5.27. The van der Waals surface area contributed by atoms with Crippen molar-refractivity contribution in [2.45, 2.75) is 13.2 Å². The molecule has 5 heterocycles. The number of morpholine rings is 1. The van der Waals surface area contributed by atoms with Crippen molar-refractivity contribution in [2.75, 3.05) is 39.5 Å². The second kappa shape index (κ2) is 18.0. The van der Waals surface area contributed by atoms with Gasteiger partial charge in [0.15, 0.2) is 0 Å². The lowest BCUT2D eigenvalue weighted by molar-refractivity contribution is -0.140. The number of benzene rings is 2. The summed E-state index contributed by atoms with van der Waals surface area (Å²) in [7, 11) is 0. The number of carbonyl (C=O) groups excluding carboxylic acids is 2. The molecule has 0 bridgehead atoms. The Bertz CT molecular complexity index is 2330. The number of carbonyl (C=O) groups is 2. The smallest absolute Gasteiger partial charge is 0.248 e. The van der Waals surface area contributed by atoms with Crippen molar-refractivity contribution in [1.82, 2.24) is 23.7 Å². The third kappa shape index (κ3) is 10.1. The molecule has 4 aromatic heterocycles. The van der Waals surface area contributed by atoms with Crippen LogP contribution >= 0.6 is 11.6 Å². The van der Waals surface area contributed by atoms with E-state index in [-0.39, 0.29) is 44.0 Å². The van der Waals surface area contributed by atoms with Crippen LogP contribution in [0.5, 0.6) is 0 Å². The molecule has 1 aliphatic heterocycles. The van der Waals surface area contributed by atoms with Gasteiger partial charge < -0.3 is 19.1 Å². The molecular formula is C40H32ClF2N5O5. The maximum atomic E-state index is 13.1. The van der Waals surface area contributed by atoms with E-state index in [4.69, 9.17) is 25.8 Å². The maximum Gasteiger partial charge on any atom is 0.248 e. The Kier molecular flexibility index (Phi) is 12.6. The quantitative estimate of drug-likeness (QED) is 0.153. The lowest BCUT2D eigenvalue weighted by atomic mass is 10.2. The standard InChI is InChI=1S/C22H20FN3O3.C18H12ClFN2O2/c23-18-7-4-17(5-8-18)6-9-20-19(24-21-3-1-2-10-26(20)21)15-29-16-22(27)25-11-13-28-14-12-25;19-17(23)12-24-11-15-16(22-10-2-1-3-18(22)21-15)9-6-13-4-7-14(20)8-5-13/h1-5,7-8,10H,11-16H2;1-5,7-8,10H,11-12H2. The molecule has 10 nitrogen and oxygen atoms in total. The van der Waals surface area contributed by atoms with Crippen LogP contribution in [-0.4, -0.2) is 74.3 Å². The fourth-order valence-corrected chi connectivity index (χ4v) is 5.33. The van der Waals surface area contributed by atoms with Crippen LogP contribution in [0.15, 0.2) is 97.3 Å². The highest BCUT2D eigenvalue weighted by Crippen LogP contribution is 2.15. The Morgan fingerprint density at radius 2 is 1.15 bits per heavy atom. The summed E-state index contributed by atoms with van der Waals surface area (Å²) in [5.74, 6) is 11.5. The van der Waals surface area contributed by atoms with Crippen LogP contribution in [0.1, 0.15) is 33.9 Å². The van der Waals surface area contributed by atoms with Crippen LogP contribution in [0.25, 0.3) is 11.3 Å². The van der Waals surface area contributed by atoms with E-state index in [1.807, 2.05) is 57.6 Å². The van der Waals surface area contributed by atoms with Gasteiger partial charge in [0.1, 0.15) is 58.9 Å². The Labute approximate surface area is 308 Å². The number of rotatable bonds is 8. The van der Waals surface area contributed by atoms with Gasteiger partial charge in [0, 0.05) is 36.6 Å². The zero-order valence-corrected chi connectivity index (χ0v) is 29.1. The molecule has 268 valence electrons. The first-order valence-corrected chi connectivity index (χ1v) is 16.9. The van der Waals surface area contributed by atoms with E-state index in [0.717, 1.165) is 11.3 Å². The first-order chi connectivity index (χ1) is 25.8. The first kappa shape index (κ1) is 36.9. The van der Waals surface area contributed by atoms with Crippen LogP contribution < -0.4 is 0 Å². The van der Waals surface area contributed by atoms with Gasteiger partial charge in [0.25, 0.3) is 0 Å². The van der Waals surface area contributed by atoms with Crippen molar-refractivity contribution < 1.29 is 32.6 Å². The van der Waals surface area contributed by atoms with Crippen LogP contribution in [-0.2, 0) is 37.0 Å². The van der Waals surface area contributed by atoms with Crippen molar-refractivity contribution in [2.24, 2.45) is 0 Å². The highest BCUT2D eigenvalue weighted by molar-refractivity contribution is 6.63. The third-order valence-electron chi connectivity index (χ3n) is 7.83. The van der Waals surface area contributed by atoms with Crippen LogP contribution in [0.4, 0.5) is 8.78 Å². The van der Waals surface area contributed by atoms with Gasteiger partial charge in [-0.3, -0.25) is 18.4 Å². The number of hydrogen-bond acceptors (Lipinski definition) is 7. The molecule has 2 aromatic carbocycles. The molecule has 0 unspecified atom stereocenters. The average molecular weight is 736 g/mol. The van der Waals surface area contributed by atoms with E-state index in [1.54, 1.807) is 29.2 Å². The molecule has 0 radical (unpaired) electrons. The number of amides is 1. The summed E-state index contributed by atoms with van der Waals surface area (Å²) in [4.78, 5) is 33.8. The largest absolute Gasteiger partial charge is 0.378 e.